The number of ether oxygens (including phenoxy) is 1. The zero-order chi connectivity index (χ0) is 12.5. The van der Waals surface area contributed by atoms with E-state index < -0.39 is 25.9 Å². The molecule has 0 aliphatic heterocycles. The van der Waals surface area contributed by atoms with Crippen LogP contribution in [0.15, 0.2) is 11.1 Å². The van der Waals surface area contributed by atoms with Gasteiger partial charge < -0.3 is 4.74 Å². The minimum absolute atomic E-state index is 0.0916. The molecular weight excluding hydrogens is 264 g/mol. The van der Waals surface area contributed by atoms with E-state index in [9.17, 15) is 17.2 Å². The molecule has 0 bridgehead atoms. The highest BCUT2D eigenvalue weighted by atomic mass is 35.7. The maximum absolute atomic E-state index is 12.8. The lowest BCUT2D eigenvalue weighted by atomic mass is 10.2. The fourth-order valence-electron chi connectivity index (χ4n) is 1.27. The molecule has 0 N–H and O–H groups in total. The molecule has 0 aromatic carbocycles. The molecule has 0 unspecified atom stereocenters. The third kappa shape index (κ3) is 2.41. The molecule has 0 radical (unpaired) electrons. The van der Waals surface area contributed by atoms with Gasteiger partial charge in [-0.1, -0.05) is 0 Å². The van der Waals surface area contributed by atoms with Crippen molar-refractivity contribution < 1.29 is 21.9 Å². The standard InChI is InChI=1S/C8H8ClF2NO3S/c1-4-7(16(9,13)14)6(8(10)11)5(15-2)3-12-4/h3,8H,1-2H3. The Morgan fingerprint density at radius 2 is 2.06 bits per heavy atom. The predicted molar refractivity (Wildman–Crippen MR) is 53.5 cm³/mol. The van der Waals surface area contributed by atoms with Gasteiger partial charge in [0, 0.05) is 10.7 Å². The van der Waals surface area contributed by atoms with Crippen LogP contribution in [0.3, 0.4) is 0 Å². The molecule has 0 saturated carbocycles. The highest BCUT2D eigenvalue weighted by Gasteiger charge is 2.28. The van der Waals surface area contributed by atoms with Crippen molar-refractivity contribution >= 4 is 19.7 Å². The fraction of sp³-hybridized carbons (Fsp3) is 0.375. The normalized spacial score (nSPS) is 11.9. The smallest absolute Gasteiger partial charge is 0.268 e. The van der Waals surface area contributed by atoms with Gasteiger partial charge in [-0.05, 0) is 6.92 Å². The van der Waals surface area contributed by atoms with Crippen molar-refractivity contribution in [3.05, 3.63) is 17.5 Å². The largest absolute Gasteiger partial charge is 0.495 e. The van der Waals surface area contributed by atoms with Crippen LogP contribution in [-0.4, -0.2) is 20.5 Å². The average molecular weight is 272 g/mol. The molecule has 1 rings (SSSR count). The summed E-state index contributed by atoms with van der Waals surface area (Å²) in [7, 11) is 1.94. The van der Waals surface area contributed by atoms with Gasteiger partial charge >= 0.3 is 0 Å². The number of alkyl halides is 2. The van der Waals surface area contributed by atoms with Crippen molar-refractivity contribution in [1.82, 2.24) is 4.98 Å². The van der Waals surface area contributed by atoms with Crippen LogP contribution in [-0.2, 0) is 9.05 Å². The van der Waals surface area contributed by atoms with Gasteiger partial charge in [-0.2, -0.15) is 0 Å². The Hall–Kier alpha value is -0.950. The van der Waals surface area contributed by atoms with Crippen molar-refractivity contribution in [1.29, 1.82) is 0 Å². The van der Waals surface area contributed by atoms with Gasteiger partial charge in [-0.15, -0.1) is 0 Å². The van der Waals surface area contributed by atoms with Crippen molar-refractivity contribution in [3.63, 3.8) is 0 Å². The maximum Gasteiger partial charge on any atom is 0.268 e. The van der Waals surface area contributed by atoms with Crippen molar-refractivity contribution in [3.8, 4) is 5.75 Å². The first kappa shape index (κ1) is 13.1. The minimum Gasteiger partial charge on any atom is -0.495 e. The molecular formula is C8H8ClF2NO3S. The van der Waals surface area contributed by atoms with E-state index in [4.69, 9.17) is 10.7 Å². The van der Waals surface area contributed by atoms with Crippen LogP contribution >= 0.6 is 10.7 Å². The van der Waals surface area contributed by atoms with Gasteiger partial charge in [0.05, 0.1) is 24.6 Å². The maximum atomic E-state index is 12.8. The summed E-state index contributed by atoms with van der Waals surface area (Å²) in [5, 5.41) is 0. The van der Waals surface area contributed by atoms with Crippen molar-refractivity contribution in [2.75, 3.05) is 7.11 Å². The lowest BCUT2D eigenvalue weighted by Gasteiger charge is -2.12. The summed E-state index contributed by atoms with van der Waals surface area (Å²) >= 11 is 0. The summed E-state index contributed by atoms with van der Waals surface area (Å²) in [6.07, 6.45) is -1.98. The van der Waals surface area contributed by atoms with Gasteiger partial charge in [-0.3, -0.25) is 4.98 Å². The number of aromatic nitrogens is 1. The number of hydrogen-bond donors (Lipinski definition) is 0. The molecule has 0 atom stereocenters. The van der Waals surface area contributed by atoms with Crippen LogP contribution in [0.2, 0.25) is 0 Å². The third-order valence-corrected chi connectivity index (χ3v) is 3.36. The van der Waals surface area contributed by atoms with Crippen LogP contribution in [0, 0.1) is 6.92 Å². The van der Waals surface area contributed by atoms with Gasteiger partial charge in [0.1, 0.15) is 10.6 Å². The lowest BCUT2D eigenvalue weighted by Crippen LogP contribution is -2.06. The van der Waals surface area contributed by atoms with E-state index in [2.05, 4.69) is 9.72 Å². The Kier molecular flexibility index (Phi) is 3.69. The SMILES string of the molecule is COc1cnc(C)c(S(=O)(=O)Cl)c1C(F)F. The monoisotopic (exact) mass is 271 g/mol. The molecule has 0 aliphatic carbocycles. The molecule has 1 aromatic heterocycles. The Bertz CT molecular complexity index is 504. The third-order valence-electron chi connectivity index (χ3n) is 1.90. The molecule has 0 fully saturated rings. The fourth-order valence-corrected chi connectivity index (χ4v) is 2.71. The van der Waals surface area contributed by atoms with E-state index in [1.54, 1.807) is 0 Å². The minimum atomic E-state index is -4.29. The van der Waals surface area contributed by atoms with E-state index >= 15 is 0 Å². The number of pyridine rings is 1. The van der Waals surface area contributed by atoms with Crippen LogP contribution in [0.5, 0.6) is 5.75 Å². The number of nitrogens with zero attached hydrogens (tertiary/aromatic N) is 1. The Labute approximate surface area is 95.6 Å². The molecule has 90 valence electrons. The molecule has 4 nitrogen and oxygen atoms in total. The molecule has 0 amide bonds. The van der Waals surface area contributed by atoms with E-state index in [1.165, 1.54) is 6.92 Å². The summed E-state index contributed by atoms with van der Waals surface area (Å²) in [5.74, 6) is -0.306. The second kappa shape index (κ2) is 4.50. The van der Waals surface area contributed by atoms with Crippen LogP contribution in [0.4, 0.5) is 8.78 Å². The second-order valence-corrected chi connectivity index (χ2v) is 5.40. The number of rotatable bonds is 3. The second-order valence-electron chi connectivity index (χ2n) is 2.89. The zero-order valence-corrected chi connectivity index (χ0v) is 9.94. The number of halogens is 3. The number of methoxy groups -OCH3 is 1. The van der Waals surface area contributed by atoms with E-state index in [-0.39, 0.29) is 11.4 Å². The number of aryl methyl sites for hydroxylation is 1. The highest BCUT2D eigenvalue weighted by molar-refractivity contribution is 8.13. The summed E-state index contributed by atoms with van der Waals surface area (Å²) in [6.45, 7) is 1.28. The predicted octanol–water partition coefficient (Wildman–Crippen LogP) is 2.26. The molecule has 1 aromatic rings. The van der Waals surface area contributed by atoms with Crippen molar-refractivity contribution in [2.45, 2.75) is 18.2 Å². The molecule has 0 saturated heterocycles. The Balaban J connectivity index is 3.69. The summed E-state index contributed by atoms with van der Waals surface area (Å²) in [4.78, 5) is 2.95. The van der Waals surface area contributed by atoms with Gasteiger partial charge in [0.2, 0.25) is 0 Å². The highest BCUT2D eigenvalue weighted by Crippen LogP contribution is 2.36. The van der Waals surface area contributed by atoms with Crippen molar-refractivity contribution in [2.24, 2.45) is 0 Å². The average Bonchev–Trinajstić information content (AvgIpc) is 2.15. The lowest BCUT2D eigenvalue weighted by molar-refractivity contribution is 0.143. The van der Waals surface area contributed by atoms with E-state index in [0.29, 0.717) is 0 Å². The summed E-state index contributed by atoms with van der Waals surface area (Å²) in [6, 6.07) is 0. The van der Waals surface area contributed by atoms with Crippen LogP contribution in [0.1, 0.15) is 17.7 Å². The molecule has 8 heteroatoms. The van der Waals surface area contributed by atoms with E-state index in [1.807, 2.05) is 0 Å². The first-order valence-electron chi connectivity index (χ1n) is 4.05. The first-order chi connectivity index (χ1) is 7.29. The van der Waals surface area contributed by atoms with Gasteiger partial charge in [-0.25, -0.2) is 17.2 Å². The Morgan fingerprint density at radius 1 is 1.50 bits per heavy atom. The molecule has 0 aliphatic rings. The first-order valence-corrected chi connectivity index (χ1v) is 6.36. The quantitative estimate of drug-likeness (QED) is 0.792. The molecule has 16 heavy (non-hydrogen) atoms. The summed E-state index contributed by atoms with van der Waals surface area (Å²) < 4.78 is 52.5. The zero-order valence-electron chi connectivity index (χ0n) is 8.37. The van der Waals surface area contributed by atoms with Crippen LogP contribution in [0.25, 0.3) is 0 Å². The topological polar surface area (TPSA) is 56.3 Å². The van der Waals surface area contributed by atoms with Crippen LogP contribution < -0.4 is 4.74 Å². The molecule has 0 spiro atoms. The van der Waals surface area contributed by atoms with Gasteiger partial charge in [0.15, 0.2) is 0 Å². The molecule has 1 heterocycles. The van der Waals surface area contributed by atoms with Gasteiger partial charge in [0.25, 0.3) is 15.5 Å². The summed E-state index contributed by atoms with van der Waals surface area (Å²) in [5.41, 5.74) is -0.851. The van der Waals surface area contributed by atoms with E-state index in [0.717, 1.165) is 13.3 Å². The number of hydrogen-bond acceptors (Lipinski definition) is 4. The Morgan fingerprint density at radius 3 is 2.44 bits per heavy atom.